The average Bonchev–Trinajstić information content (AvgIpc) is 3.06. The summed E-state index contributed by atoms with van der Waals surface area (Å²) in [5.74, 6) is -0.483. The van der Waals surface area contributed by atoms with E-state index in [9.17, 15) is 19.8 Å². The summed E-state index contributed by atoms with van der Waals surface area (Å²) >= 11 is 0. The Morgan fingerprint density at radius 3 is 2.43 bits per heavy atom. The molecule has 0 bridgehead atoms. The molecule has 1 aliphatic rings. The number of likely N-dealkylation sites (tertiary alicyclic amines) is 1. The van der Waals surface area contributed by atoms with Crippen molar-refractivity contribution in [2.45, 2.75) is 26.8 Å². The lowest BCUT2D eigenvalue weighted by Gasteiger charge is -2.27. The molecule has 0 aliphatic carbocycles. The van der Waals surface area contributed by atoms with E-state index in [1.807, 2.05) is 25.9 Å². The second kappa shape index (κ2) is 10.8. The SMILES string of the molecule is COc1cc([C@@H]2C(=C(O)c3ccc(OCC(C)C)c(C)c3)C(=O)C(=O)N2CCN(C)C)ccc1O. The Morgan fingerprint density at radius 1 is 1.11 bits per heavy atom. The first-order valence-corrected chi connectivity index (χ1v) is 11.6. The van der Waals surface area contributed by atoms with Gasteiger partial charge in [0.05, 0.1) is 25.3 Å². The normalized spacial score (nSPS) is 17.5. The van der Waals surface area contributed by atoms with Crippen molar-refractivity contribution in [2.75, 3.05) is 40.9 Å². The predicted molar refractivity (Wildman–Crippen MR) is 134 cm³/mol. The summed E-state index contributed by atoms with van der Waals surface area (Å²) in [5, 5.41) is 21.4. The Labute approximate surface area is 206 Å². The number of methoxy groups -OCH3 is 1. The molecule has 2 N–H and O–H groups in total. The number of hydrogen-bond donors (Lipinski definition) is 2. The molecule has 1 aliphatic heterocycles. The molecule has 1 atom stereocenters. The minimum atomic E-state index is -0.832. The number of hydrogen-bond acceptors (Lipinski definition) is 7. The fourth-order valence-electron chi connectivity index (χ4n) is 4.00. The molecular weight excluding hydrogens is 448 g/mol. The van der Waals surface area contributed by atoms with Crippen LogP contribution in [0.1, 0.15) is 36.6 Å². The van der Waals surface area contributed by atoms with E-state index in [0.717, 1.165) is 5.56 Å². The number of aryl methyl sites for hydroxylation is 1. The van der Waals surface area contributed by atoms with Crippen LogP contribution in [0, 0.1) is 12.8 Å². The zero-order chi connectivity index (χ0) is 25.9. The van der Waals surface area contributed by atoms with Gasteiger partial charge in [-0.1, -0.05) is 19.9 Å². The summed E-state index contributed by atoms with van der Waals surface area (Å²) in [5.41, 5.74) is 1.77. The topological polar surface area (TPSA) is 99.5 Å². The van der Waals surface area contributed by atoms with Gasteiger partial charge in [0.25, 0.3) is 11.7 Å². The Kier molecular flexibility index (Phi) is 8.07. The molecule has 1 amide bonds. The summed E-state index contributed by atoms with van der Waals surface area (Å²) in [7, 11) is 5.18. The Hall–Kier alpha value is -3.52. The van der Waals surface area contributed by atoms with Gasteiger partial charge < -0.3 is 29.5 Å². The first kappa shape index (κ1) is 26.1. The van der Waals surface area contributed by atoms with Crippen molar-refractivity contribution >= 4 is 17.4 Å². The minimum Gasteiger partial charge on any atom is -0.507 e. The molecule has 0 radical (unpaired) electrons. The molecule has 2 aromatic rings. The van der Waals surface area contributed by atoms with Gasteiger partial charge in [0.1, 0.15) is 11.5 Å². The van der Waals surface area contributed by atoms with Crippen LogP contribution in [0.3, 0.4) is 0 Å². The maximum absolute atomic E-state index is 13.2. The van der Waals surface area contributed by atoms with Crippen LogP contribution in [0.15, 0.2) is 42.0 Å². The summed E-state index contributed by atoms with van der Waals surface area (Å²) in [6.45, 7) is 7.35. The summed E-state index contributed by atoms with van der Waals surface area (Å²) in [6, 6.07) is 9.00. The standard InChI is InChI=1S/C27H34N2O6/c1-16(2)15-35-21-10-8-19(13-17(21)3)25(31)23-24(18-7-9-20(30)22(14-18)34-6)29(12-11-28(4)5)27(33)26(23)32/h7-10,13-14,16,24,30-31H,11-12,15H2,1-6H3/t24-/m1/s1. The van der Waals surface area contributed by atoms with E-state index in [-0.39, 0.29) is 29.4 Å². The van der Waals surface area contributed by atoms with Crippen LogP contribution in [0.2, 0.25) is 0 Å². The zero-order valence-corrected chi connectivity index (χ0v) is 21.2. The molecule has 8 heteroatoms. The number of amides is 1. The number of phenols is 1. The fraction of sp³-hybridized carbons (Fsp3) is 0.407. The molecule has 1 fully saturated rings. The van der Waals surface area contributed by atoms with Crippen molar-refractivity contribution in [3.63, 3.8) is 0 Å². The number of nitrogens with zero attached hydrogens (tertiary/aromatic N) is 2. The van der Waals surface area contributed by atoms with E-state index in [0.29, 0.717) is 35.9 Å². The van der Waals surface area contributed by atoms with Crippen molar-refractivity contribution in [3.8, 4) is 17.2 Å². The number of aliphatic hydroxyl groups is 1. The molecule has 0 aromatic heterocycles. The molecule has 188 valence electrons. The van der Waals surface area contributed by atoms with Crippen LogP contribution < -0.4 is 9.47 Å². The number of ether oxygens (including phenoxy) is 2. The van der Waals surface area contributed by atoms with Crippen LogP contribution in [0.4, 0.5) is 0 Å². The highest BCUT2D eigenvalue weighted by Crippen LogP contribution is 2.42. The van der Waals surface area contributed by atoms with Crippen molar-refractivity contribution in [1.29, 1.82) is 0 Å². The number of Topliss-reactive ketones (excluding diaryl/α,β-unsaturated/α-hetero) is 1. The quantitative estimate of drug-likeness (QED) is 0.319. The number of aromatic hydroxyl groups is 1. The van der Waals surface area contributed by atoms with E-state index in [1.165, 1.54) is 18.1 Å². The summed E-state index contributed by atoms with van der Waals surface area (Å²) in [6.07, 6.45) is 0. The first-order chi connectivity index (χ1) is 16.5. The average molecular weight is 483 g/mol. The van der Waals surface area contributed by atoms with Gasteiger partial charge in [-0.15, -0.1) is 0 Å². The summed E-state index contributed by atoms with van der Waals surface area (Å²) in [4.78, 5) is 29.6. The monoisotopic (exact) mass is 482 g/mol. The Morgan fingerprint density at radius 2 is 1.83 bits per heavy atom. The number of phenolic OH excluding ortho intramolecular Hbond substituents is 1. The van der Waals surface area contributed by atoms with Crippen LogP contribution in [0.5, 0.6) is 17.2 Å². The third-order valence-corrected chi connectivity index (χ3v) is 5.87. The number of likely N-dealkylation sites (N-methyl/N-ethyl adjacent to an activating group) is 1. The second-order valence-corrected chi connectivity index (χ2v) is 9.41. The maximum Gasteiger partial charge on any atom is 0.295 e. The van der Waals surface area contributed by atoms with Crippen LogP contribution in [0.25, 0.3) is 5.76 Å². The number of ketones is 1. The minimum absolute atomic E-state index is 0.00301. The zero-order valence-electron chi connectivity index (χ0n) is 21.2. The van der Waals surface area contributed by atoms with Crippen molar-refractivity contribution in [1.82, 2.24) is 9.80 Å². The van der Waals surface area contributed by atoms with Gasteiger partial charge in [-0.05, 0) is 68.4 Å². The fourth-order valence-corrected chi connectivity index (χ4v) is 4.00. The number of carbonyl (C=O) groups excluding carboxylic acids is 2. The van der Waals surface area contributed by atoms with Crippen molar-refractivity contribution in [3.05, 3.63) is 58.7 Å². The molecule has 0 unspecified atom stereocenters. The van der Waals surface area contributed by atoms with Crippen molar-refractivity contribution < 1.29 is 29.3 Å². The third-order valence-electron chi connectivity index (χ3n) is 5.87. The molecule has 3 rings (SSSR count). The van der Waals surface area contributed by atoms with Gasteiger partial charge in [0, 0.05) is 18.7 Å². The highest BCUT2D eigenvalue weighted by atomic mass is 16.5. The number of benzene rings is 2. The number of rotatable bonds is 9. The van der Waals surface area contributed by atoms with E-state index in [2.05, 4.69) is 13.8 Å². The van der Waals surface area contributed by atoms with Crippen LogP contribution in [-0.4, -0.2) is 72.6 Å². The molecule has 1 heterocycles. The van der Waals surface area contributed by atoms with E-state index in [4.69, 9.17) is 9.47 Å². The lowest BCUT2D eigenvalue weighted by molar-refractivity contribution is -0.140. The Bertz CT molecular complexity index is 1140. The molecule has 1 saturated heterocycles. The number of aliphatic hydroxyl groups excluding tert-OH is 1. The summed E-state index contributed by atoms with van der Waals surface area (Å²) < 4.78 is 11.1. The van der Waals surface area contributed by atoms with Gasteiger partial charge in [0.2, 0.25) is 0 Å². The van der Waals surface area contributed by atoms with Gasteiger partial charge in [0.15, 0.2) is 11.5 Å². The van der Waals surface area contributed by atoms with Crippen LogP contribution in [-0.2, 0) is 9.59 Å². The predicted octanol–water partition coefficient (Wildman–Crippen LogP) is 3.73. The first-order valence-electron chi connectivity index (χ1n) is 11.6. The Balaban J connectivity index is 2.11. The van der Waals surface area contributed by atoms with Gasteiger partial charge in [-0.3, -0.25) is 9.59 Å². The molecule has 2 aromatic carbocycles. The van der Waals surface area contributed by atoms with E-state index >= 15 is 0 Å². The van der Waals surface area contributed by atoms with Crippen molar-refractivity contribution in [2.24, 2.45) is 5.92 Å². The second-order valence-electron chi connectivity index (χ2n) is 9.41. The van der Waals surface area contributed by atoms with Gasteiger partial charge in [-0.2, -0.15) is 0 Å². The largest absolute Gasteiger partial charge is 0.507 e. The number of carbonyl (C=O) groups is 2. The smallest absolute Gasteiger partial charge is 0.295 e. The van der Waals surface area contributed by atoms with E-state index in [1.54, 1.807) is 30.3 Å². The molecule has 0 saturated carbocycles. The van der Waals surface area contributed by atoms with Gasteiger partial charge in [-0.25, -0.2) is 0 Å². The lowest BCUT2D eigenvalue weighted by atomic mass is 9.94. The third kappa shape index (κ3) is 5.59. The molecule has 0 spiro atoms. The molecule has 8 nitrogen and oxygen atoms in total. The van der Waals surface area contributed by atoms with Crippen LogP contribution >= 0.6 is 0 Å². The maximum atomic E-state index is 13.2. The van der Waals surface area contributed by atoms with Gasteiger partial charge >= 0.3 is 0 Å². The molecule has 35 heavy (non-hydrogen) atoms. The van der Waals surface area contributed by atoms with E-state index < -0.39 is 17.7 Å². The highest BCUT2D eigenvalue weighted by Gasteiger charge is 2.46. The molecular formula is C27H34N2O6. The highest BCUT2D eigenvalue weighted by molar-refractivity contribution is 6.46. The lowest BCUT2D eigenvalue weighted by Crippen LogP contribution is -2.35.